The normalized spacial score (nSPS) is 28.2. The van der Waals surface area contributed by atoms with E-state index in [1.165, 1.54) is 0 Å². The van der Waals surface area contributed by atoms with E-state index in [0.717, 1.165) is 19.5 Å². The largest absolute Gasteiger partial charge is 0.379 e. The van der Waals surface area contributed by atoms with Crippen LogP contribution in [0.1, 0.15) is 27.2 Å². The van der Waals surface area contributed by atoms with E-state index in [4.69, 9.17) is 4.74 Å². The molecule has 1 rings (SSSR count). The molecule has 0 spiro atoms. The molecule has 1 amide bonds. The second-order valence-electron chi connectivity index (χ2n) is 4.48. The van der Waals surface area contributed by atoms with Crippen LogP contribution in [-0.2, 0) is 9.53 Å². The lowest BCUT2D eigenvalue weighted by molar-refractivity contribution is -0.139. The van der Waals surface area contributed by atoms with Crippen molar-refractivity contribution < 1.29 is 9.53 Å². The van der Waals surface area contributed by atoms with Gasteiger partial charge in [0.25, 0.3) is 0 Å². The zero-order chi connectivity index (χ0) is 10.7. The van der Waals surface area contributed by atoms with Gasteiger partial charge in [-0.05, 0) is 12.3 Å². The van der Waals surface area contributed by atoms with E-state index in [2.05, 4.69) is 6.92 Å². The van der Waals surface area contributed by atoms with Crippen LogP contribution in [0.5, 0.6) is 0 Å². The molecule has 2 atom stereocenters. The summed E-state index contributed by atoms with van der Waals surface area (Å²) >= 11 is 0. The van der Waals surface area contributed by atoms with Crippen molar-refractivity contribution in [3.05, 3.63) is 0 Å². The van der Waals surface area contributed by atoms with Crippen LogP contribution in [-0.4, -0.2) is 37.1 Å². The van der Waals surface area contributed by atoms with Gasteiger partial charge in [-0.1, -0.05) is 20.8 Å². The fourth-order valence-corrected chi connectivity index (χ4v) is 1.91. The molecule has 0 aromatic carbocycles. The molecule has 2 unspecified atom stereocenters. The number of hydrogen-bond acceptors (Lipinski definition) is 2. The standard InChI is InChI=1S/C11H21NO2/c1-8(2)11(13)12-6-5-9(3)10(7-12)14-4/h8-10H,5-7H2,1-4H3. The number of carbonyl (C=O) groups excluding carboxylic acids is 1. The molecule has 1 aliphatic rings. The maximum absolute atomic E-state index is 11.7. The molecule has 0 aliphatic carbocycles. The summed E-state index contributed by atoms with van der Waals surface area (Å²) in [6.45, 7) is 7.72. The third kappa shape index (κ3) is 2.47. The zero-order valence-corrected chi connectivity index (χ0v) is 9.62. The maximum Gasteiger partial charge on any atom is 0.225 e. The number of methoxy groups -OCH3 is 1. The average Bonchev–Trinajstić information content (AvgIpc) is 2.17. The molecule has 0 bridgehead atoms. The Morgan fingerprint density at radius 3 is 2.64 bits per heavy atom. The SMILES string of the molecule is COC1CN(C(=O)C(C)C)CCC1C. The molecule has 3 heteroatoms. The Morgan fingerprint density at radius 1 is 1.50 bits per heavy atom. The van der Waals surface area contributed by atoms with E-state index < -0.39 is 0 Å². The number of ether oxygens (including phenoxy) is 1. The van der Waals surface area contributed by atoms with Crippen LogP contribution in [0.3, 0.4) is 0 Å². The summed E-state index contributed by atoms with van der Waals surface area (Å²) in [5, 5.41) is 0. The molecule has 0 N–H and O–H groups in total. The second kappa shape index (κ2) is 4.78. The number of carbonyl (C=O) groups is 1. The number of piperidine rings is 1. The number of hydrogen-bond donors (Lipinski definition) is 0. The minimum Gasteiger partial charge on any atom is -0.379 e. The van der Waals surface area contributed by atoms with Crippen molar-refractivity contribution in [1.82, 2.24) is 4.90 Å². The smallest absolute Gasteiger partial charge is 0.225 e. The molecule has 3 nitrogen and oxygen atoms in total. The molecule has 0 radical (unpaired) electrons. The van der Waals surface area contributed by atoms with Crippen LogP contribution in [0.15, 0.2) is 0 Å². The highest BCUT2D eigenvalue weighted by Gasteiger charge is 2.29. The summed E-state index contributed by atoms with van der Waals surface area (Å²) in [4.78, 5) is 13.7. The Hall–Kier alpha value is -0.570. The van der Waals surface area contributed by atoms with Crippen molar-refractivity contribution in [3.8, 4) is 0 Å². The maximum atomic E-state index is 11.7. The molecule has 1 heterocycles. The van der Waals surface area contributed by atoms with Crippen molar-refractivity contribution in [1.29, 1.82) is 0 Å². The summed E-state index contributed by atoms with van der Waals surface area (Å²) in [5.41, 5.74) is 0. The molecule has 0 aromatic heterocycles. The minimum absolute atomic E-state index is 0.0981. The van der Waals surface area contributed by atoms with Crippen LogP contribution < -0.4 is 0 Å². The molecule has 0 aromatic rings. The van der Waals surface area contributed by atoms with Gasteiger partial charge in [-0.2, -0.15) is 0 Å². The molecule has 14 heavy (non-hydrogen) atoms. The quantitative estimate of drug-likeness (QED) is 0.675. The van der Waals surface area contributed by atoms with Crippen molar-refractivity contribution in [2.45, 2.75) is 33.3 Å². The van der Waals surface area contributed by atoms with E-state index in [1.807, 2.05) is 18.7 Å². The number of nitrogens with zero attached hydrogens (tertiary/aromatic N) is 1. The van der Waals surface area contributed by atoms with Crippen LogP contribution in [0.2, 0.25) is 0 Å². The van der Waals surface area contributed by atoms with E-state index in [1.54, 1.807) is 7.11 Å². The molecule has 0 saturated carbocycles. The van der Waals surface area contributed by atoms with Gasteiger partial charge in [0.05, 0.1) is 6.10 Å². The molecule has 1 saturated heterocycles. The van der Waals surface area contributed by atoms with Gasteiger partial charge in [0.2, 0.25) is 5.91 Å². The Balaban J connectivity index is 2.54. The van der Waals surface area contributed by atoms with Crippen LogP contribution in [0, 0.1) is 11.8 Å². The van der Waals surface area contributed by atoms with E-state index in [-0.39, 0.29) is 17.9 Å². The second-order valence-corrected chi connectivity index (χ2v) is 4.48. The summed E-state index contributed by atoms with van der Waals surface area (Å²) in [6, 6.07) is 0. The van der Waals surface area contributed by atoms with Gasteiger partial charge in [0.1, 0.15) is 0 Å². The summed E-state index contributed by atoms with van der Waals surface area (Å²) in [6.07, 6.45) is 1.27. The average molecular weight is 199 g/mol. The van der Waals surface area contributed by atoms with Gasteiger partial charge < -0.3 is 9.64 Å². The van der Waals surface area contributed by atoms with Crippen molar-refractivity contribution >= 4 is 5.91 Å². The third-order valence-corrected chi connectivity index (χ3v) is 3.00. The van der Waals surface area contributed by atoms with Crippen molar-refractivity contribution in [2.75, 3.05) is 20.2 Å². The number of amides is 1. The number of likely N-dealkylation sites (tertiary alicyclic amines) is 1. The first-order chi connectivity index (χ1) is 6.56. The lowest BCUT2D eigenvalue weighted by atomic mass is 9.95. The Morgan fingerprint density at radius 2 is 2.14 bits per heavy atom. The monoisotopic (exact) mass is 199 g/mol. The van der Waals surface area contributed by atoms with E-state index in [0.29, 0.717) is 5.92 Å². The molecular weight excluding hydrogens is 178 g/mol. The highest BCUT2D eigenvalue weighted by Crippen LogP contribution is 2.20. The highest BCUT2D eigenvalue weighted by molar-refractivity contribution is 5.78. The van der Waals surface area contributed by atoms with Gasteiger partial charge >= 0.3 is 0 Å². The fraction of sp³-hybridized carbons (Fsp3) is 0.909. The first-order valence-corrected chi connectivity index (χ1v) is 5.37. The first-order valence-electron chi connectivity index (χ1n) is 5.37. The van der Waals surface area contributed by atoms with Crippen LogP contribution in [0.4, 0.5) is 0 Å². The summed E-state index contributed by atoms with van der Waals surface area (Å²) < 4.78 is 5.37. The van der Waals surface area contributed by atoms with E-state index in [9.17, 15) is 4.79 Å². The molecule has 82 valence electrons. The minimum atomic E-state index is 0.0981. The first kappa shape index (κ1) is 11.5. The van der Waals surface area contributed by atoms with Crippen LogP contribution in [0.25, 0.3) is 0 Å². The zero-order valence-electron chi connectivity index (χ0n) is 9.62. The van der Waals surface area contributed by atoms with Crippen molar-refractivity contribution in [3.63, 3.8) is 0 Å². The molecule has 1 aliphatic heterocycles. The van der Waals surface area contributed by atoms with Gasteiger partial charge in [-0.3, -0.25) is 4.79 Å². The van der Waals surface area contributed by atoms with Crippen LogP contribution >= 0.6 is 0 Å². The summed E-state index contributed by atoms with van der Waals surface area (Å²) in [7, 11) is 1.73. The van der Waals surface area contributed by atoms with Gasteiger partial charge in [-0.25, -0.2) is 0 Å². The molecule has 1 fully saturated rings. The van der Waals surface area contributed by atoms with Gasteiger partial charge in [-0.15, -0.1) is 0 Å². The lowest BCUT2D eigenvalue weighted by Crippen LogP contribution is -2.47. The van der Waals surface area contributed by atoms with E-state index >= 15 is 0 Å². The van der Waals surface area contributed by atoms with Gasteiger partial charge in [0.15, 0.2) is 0 Å². The summed E-state index contributed by atoms with van der Waals surface area (Å²) in [5.74, 6) is 0.913. The Kier molecular flexibility index (Phi) is 3.93. The lowest BCUT2D eigenvalue weighted by Gasteiger charge is -2.37. The Bertz CT molecular complexity index is 203. The molecular formula is C11H21NO2. The Labute approximate surface area is 86.4 Å². The predicted octanol–water partition coefficient (Wildman–Crippen LogP) is 1.53. The van der Waals surface area contributed by atoms with Crippen molar-refractivity contribution in [2.24, 2.45) is 11.8 Å². The topological polar surface area (TPSA) is 29.5 Å². The third-order valence-electron chi connectivity index (χ3n) is 3.00. The highest BCUT2D eigenvalue weighted by atomic mass is 16.5. The number of rotatable bonds is 2. The van der Waals surface area contributed by atoms with Gasteiger partial charge in [0, 0.05) is 26.1 Å². The predicted molar refractivity (Wildman–Crippen MR) is 56.0 cm³/mol. The fourth-order valence-electron chi connectivity index (χ4n) is 1.91.